The lowest BCUT2D eigenvalue weighted by Gasteiger charge is -2.43. The minimum atomic E-state index is -2.07. The van der Waals surface area contributed by atoms with E-state index in [1.54, 1.807) is 14.2 Å². The third-order valence-electron chi connectivity index (χ3n) is 6.86. The maximum Gasteiger partial charge on any atom is 0.192 e. The molecule has 0 N–H and O–H groups in total. The number of benzene rings is 1. The molecule has 0 aliphatic carbocycles. The molecule has 0 saturated heterocycles. The lowest BCUT2D eigenvalue weighted by molar-refractivity contribution is -0.115. The van der Waals surface area contributed by atoms with Crippen LogP contribution in [0.15, 0.2) is 48.6 Å². The van der Waals surface area contributed by atoms with Crippen LogP contribution < -0.4 is 9.47 Å². The Labute approximate surface area is 208 Å². The zero-order chi connectivity index (χ0) is 26.1. The van der Waals surface area contributed by atoms with Crippen LogP contribution in [0.2, 0.25) is 18.1 Å². The Morgan fingerprint density at radius 1 is 1.09 bits per heavy atom. The van der Waals surface area contributed by atoms with E-state index in [0.29, 0.717) is 6.42 Å². The van der Waals surface area contributed by atoms with Crippen LogP contribution in [0.5, 0.6) is 11.5 Å². The van der Waals surface area contributed by atoms with Crippen LogP contribution >= 0.6 is 0 Å². The van der Waals surface area contributed by atoms with E-state index in [1.165, 1.54) is 0 Å². The van der Waals surface area contributed by atoms with Crippen LogP contribution in [0.25, 0.3) is 0 Å². The number of aldehydes is 1. The molecular weight excluding hydrogens is 444 g/mol. The average Bonchev–Trinajstić information content (AvgIpc) is 2.79. The van der Waals surface area contributed by atoms with Crippen LogP contribution in [0, 0.1) is 11.8 Å². The highest BCUT2D eigenvalue weighted by Gasteiger charge is 2.42. The molecule has 5 atom stereocenters. The molecule has 0 heterocycles. The lowest BCUT2D eigenvalue weighted by atomic mass is 9.88. The maximum atomic E-state index is 11.8. The zero-order valence-corrected chi connectivity index (χ0v) is 23.9. The fraction of sp³-hybridized carbons (Fsp3) is 0.607. The Morgan fingerprint density at radius 3 is 2.09 bits per heavy atom. The van der Waals surface area contributed by atoms with Crippen molar-refractivity contribution >= 4 is 14.6 Å². The number of rotatable bonds is 14. The lowest BCUT2D eigenvalue weighted by Crippen LogP contribution is -2.49. The molecule has 0 aliphatic heterocycles. The van der Waals surface area contributed by atoms with Gasteiger partial charge >= 0.3 is 0 Å². The SMILES string of the molecule is C=C[C@@H](C/C(C)=C/[C@@H](OC)[C@@H](C)[C@H](O[Si](C)(C)C(C)(C)C)[C@H](C)C=O)Oc1ccc(OC)cc1. The third kappa shape index (κ3) is 8.71. The predicted octanol–water partition coefficient (Wildman–Crippen LogP) is 6.84. The molecule has 192 valence electrons. The van der Waals surface area contributed by atoms with E-state index >= 15 is 0 Å². The fourth-order valence-corrected chi connectivity index (χ4v) is 5.04. The Morgan fingerprint density at radius 2 is 1.65 bits per heavy atom. The van der Waals surface area contributed by atoms with Crippen molar-refractivity contribution in [1.82, 2.24) is 0 Å². The van der Waals surface area contributed by atoms with E-state index < -0.39 is 8.32 Å². The van der Waals surface area contributed by atoms with Crippen molar-refractivity contribution in [2.75, 3.05) is 14.2 Å². The number of methoxy groups -OCH3 is 2. The highest BCUT2D eigenvalue weighted by atomic mass is 28.4. The normalized spacial score (nSPS) is 17.3. The number of hydrogen-bond acceptors (Lipinski definition) is 5. The van der Waals surface area contributed by atoms with Crippen molar-refractivity contribution in [1.29, 1.82) is 0 Å². The molecule has 6 heteroatoms. The molecular formula is C28H46O5Si. The fourth-order valence-electron chi connectivity index (χ4n) is 3.58. The summed E-state index contributed by atoms with van der Waals surface area (Å²) >= 11 is 0. The van der Waals surface area contributed by atoms with Crippen molar-refractivity contribution in [3.8, 4) is 11.5 Å². The smallest absolute Gasteiger partial charge is 0.192 e. The molecule has 5 nitrogen and oxygen atoms in total. The van der Waals surface area contributed by atoms with E-state index in [2.05, 4.69) is 60.4 Å². The minimum absolute atomic E-state index is 0.000960. The highest BCUT2D eigenvalue weighted by Crippen LogP contribution is 2.39. The molecule has 1 aromatic carbocycles. The first-order valence-electron chi connectivity index (χ1n) is 12.1. The van der Waals surface area contributed by atoms with E-state index in [1.807, 2.05) is 37.3 Å². The molecule has 1 rings (SSSR count). The van der Waals surface area contributed by atoms with Crippen molar-refractivity contribution < 1.29 is 23.4 Å². The summed E-state index contributed by atoms with van der Waals surface area (Å²) in [6.07, 6.45) is 5.02. The van der Waals surface area contributed by atoms with Crippen LogP contribution in [0.3, 0.4) is 0 Å². The topological polar surface area (TPSA) is 54.0 Å². The first kappa shape index (κ1) is 30.1. The standard InChI is InChI=1S/C28H46O5Si/c1-12-23(32-25-15-13-24(30-8)14-16-25)17-20(2)18-26(31-9)22(4)27(21(3)19-29)33-34(10,11)28(5,6)7/h12-16,18-19,21-23,26-27H,1,17H2,2-11H3/b20-18+/t21-,22-,23+,26-,27-/m1/s1. The Kier molecular flexibility index (Phi) is 11.8. The molecule has 34 heavy (non-hydrogen) atoms. The van der Waals surface area contributed by atoms with Crippen LogP contribution in [0.1, 0.15) is 48.0 Å². The molecule has 0 radical (unpaired) electrons. The second-order valence-corrected chi connectivity index (χ2v) is 15.4. The molecule has 0 unspecified atom stereocenters. The van der Waals surface area contributed by atoms with E-state index in [0.717, 1.165) is 23.4 Å². The van der Waals surface area contributed by atoms with Gasteiger partial charge in [-0.3, -0.25) is 0 Å². The van der Waals surface area contributed by atoms with Gasteiger partial charge in [-0.05, 0) is 49.3 Å². The molecule has 0 spiro atoms. The summed E-state index contributed by atoms with van der Waals surface area (Å²) in [5.41, 5.74) is 1.13. The minimum Gasteiger partial charge on any atom is -0.497 e. The summed E-state index contributed by atoms with van der Waals surface area (Å²) < 4.78 is 23.9. The van der Waals surface area contributed by atoms with Gasteiger partial charge in [-0.2, -0.15) is 0 Å². The number of carbonyl (C=O) groups is 1. The Hall–Kier alpha value is -1.89. The van der Waals surface area contributed by atoms with Gasteiger partial charge in [0.25, 0.3) is 0 Å². The summed E-state index contributed by atoms with van der Waals surface area (Å²) in [5.74, 6) is 1.32. The van der Waals surface area contributed by atoms with E-state index in [-0.39, 0.29) is 35.2 Å². The summed E-state index contributed by atoms with van der Waals surface area (Å²) in [6, 6.07) is 7.52. The summed E-state index contributed by atoms with van der Waals surface area (Å²) in [7, 11) is 1.28. The second kappa shape index (κ2) is 13.3. The number of ether oxygens (including phenoxy) is 3. The maximum absolute atomic E-state index is 11.8. The molecule has 0 aliphatic rings. The monoisotopic (exact) mass is 490 g/mol. The molecule has 0 aromatic heterocycles. The van der Waals surface area contributed by atoms with E-state index in [4.69, 9.17) is 18.6 Å². The summed E-state index contributed by atoms with van der Waals surface area (Å²) in [4.78, 5) is 11.8. The predicted molar refractivity (Wildman–Crippen MR) is 143 cm³/mol. The van der Waals surface area contributed by atoms with Crippen LogP contribution in [-0.4, -0.2) is 47.1 Å². The third-order valence-corrected chi connectivity index (χ3v) is 11.3. The van der Waals surface area contributed by atoms with Gasteiger partial charge in [-0.1, -0.05) is 58.9 Å². The molecule has 0 amide bonds. The highest BCUT2D eigenvalue weighted by molar-refractivity contribution is 6.74. The quantitative estimate of drug-likeness (QED) is 0.162. The van der Waals surface area contributed by atoms with Gasteiger partial charge in [0.1, 0.15) is 23.9 Å². The zero-order valence-electron chi connectivity index (χ0n) is 22.9. The van der Waals surface area contributed by atoms with Crippen LogP contribution in [0.4, 0.5) is 0 Å². The largest absolute Gasteiger partial charge is 0.497 e. The van der Waals surface area contributed by atoms with Crippen LogP contribution in [-0.2, 0) is 14.0 Å². The van der Waals surface area contributed by atoms with Gasteiger partial charge in [0.15, 0.2) is 8.32 Å². The number of carbonyl (C=O) groups excluding carboxylic acids is 1. The van der Waals surface area contributed by atoms with Crippen molar-refractivity contribution in [3.05, 3.63) is 48.6 Å². The van der Waals surface area contributed by atoms with Gasteiger partial charge in [-0.15, -0.1) is 0 Å². The second-order valence-electron chi connectivity index (χ2n) is 10.7. The van der Waals surface area contributed by atoms with Gasteiger partial charge < -0.3 is 23.4 Å². The van der Waals surface area contributed by atoms with E-state index in [9.17, 15) is 4.79 Å². The Balaban J connectivity index is 3.01. The summed E-state index contributed by atoms with van der Waals surface area (Å²) in [5, 5.41) is 0.0534. The molecule has 0 saturated carbocycles. The van der Waals surface area contributed by atoms with Gasteiger partial charge in [0.2, 0.25) is 0 Å². The molecule has 0 bridgehead atoms. The number of hydrogen-bond donors (Lipinski definition) is 0. The van der Waals surface area contributed by atoms with Crippen molar-refractivity contribution in [3.63, 3.8) is 0 Å². The van der Waals surface area contributed by atoms with Crippen molar-refractivity contribution in [2.24, 2.45) is 11.8 Å². The van der Waals surface area contributed by atoms with Crippen molar-refractivity contribution in [2.45, 2.75) is 84.4 Å². The average molecular weight is 491 g/mol. The first-order chi connectivity index (χ1) is 15.8. The van der Waals surface area contributed by atoms with Gasteiger partial charge in [-0.25, -0.2) is 0 Å². The molecule has 0 fully saturated rings. The van der Waals surface area contributed by atoms with Gasteiger partial charge in [0.05, 0.1) is 19.3 Å². The first-order valence-corrected chi connectivity index (χ1v) is 15.0. The Bertz CT molecular complexity index is 794. The summed E-state index contributed by atoms with van der Waals surface area (Å²) in [6.45, 7) is 21.1. The van der Waals surface area contributed by atoms with Gasteiger partial charge in [0, 0.05) is 25.4 Å². The molecule has 1 aromatic rings.